The van der Waals surface area contributed by atoms with Crippen LogP contribution in [0.5, 0.6) is 11.6 Å². The van der Waals surface area contributed by atoms with Gasteiger partial charge in [-0.15, -0.1) is 13.2 Å². The molecule has 1 aromatic heterocycles. The summed E-state index contributed by atoms with van der Waals surface area (Å²) in [6.45, 7) is 0. The Morgan fingerprint density at radius 2 is 2.00 bits per heavy atom. The van der Waals surface area contributed by atoms with Gasteiger partial charge in [0.05, 0.1) is 7.11 Å². The molecule has 0 spiro atoms. The molecule has 1 rings (SSSR count). The molecule has 1 aromatic rings. The average Bonchev–Trinajstić information content (AvgIpc) is 2.27. The lowest BCUT2D eigenvalue weighted by Crippen LogP contribution is -2.19. The Hall–Kier alpha value is -2.13. The summed E-state index contributed by atoms with van der Waals surface area (Å²) in [4.78, 5) is 13.9. The number of hydrogen-bond acceptors (Lipinski definition) is 5. The van der Waals surface area contributed by atoms with E-state index in [4.69, 9.17) is 0 Å². The first-order valence-corrected chi connectivity index (χ1v) is 4.51. The van der Waals surface area contributed by atoms with Crippen LogP contribution < -0.4 is 4.74 Å². The molecule has 19 heavy (non-hydrogen) atoms. The number of carbonyl (C=O) groups is 1. The van der Waals surface area contributed by atoms with Gasteiger partial charge in [0.1, 0.15) is 5.56 Å². The molecule has 0 unspecified atom stereocenters. The van der Waals surface area contributed by atoms with E-state index in [1.807, 2.05) is 0 Å². The first-order chi connectivity index (χ1) is 8.65. The summed E-state index contributed by atoms with van der Waals surface area (Å²) in [6.07, 6.45) is -8.59. The Kier molecular flexibility index (Phi) is 4.12. The zero-order valence-corrected chi connectivity index (χ0v) is 9.16. The van der Waals surface area contributed by atoms with Gasteiger partial charge in [-0.1, -0.05) is 0 Å². The highest BCUT2D eigenvalue weighted by atomic mass is 19.4. The molecular formula is C9H6F5NO4. The average molecular weight is 287 g/mol. The van der Waals surface area contributed by atoms with Crippen LogP contribution >= 0.6 is 0 Å². The van der Waals surface area contributed by atoms with Crippen molar-refractivity contribution in [2.75, 3.05) is 7.11 Å². The van der Waals surface area contributed by atoms with Crippen molar-refractivity contribution in [1.29, 1.82) is 0 Å². The van der Waals surface area contributed by atoms with Crippen LogP contribution in [-0.4, -0.2) is 29.5 Å². The van der Waals surface area contributed by atoms with Crippen LogP contribution in [0.2, 0.25) is 0 Å². The van der Waals surface area contributed by atoms with E-state index in [-0.39, 0.29) is 0 Å². The third kappa shape index (κ3) is 3.66. The Morgan fingerprint density at radius 3 is 2.42 bits per heavy atom. The number of rotatable bonds is 3. The van der Waals surface area contributed by atoms with Crippen LogP contribution in [0.3, 0.4) is 0 Å². The lowest BCUT2D eigenvalue weighted by atomic mass is 10.2. The summed E-state index contributed by atoms with van der Waals surface area (Å²) >= 11 is 0. The van der Waals surface area contributed by atoms with E-state index in [1.54, 1.807) is 0 Å². The fourth-order valence-corrected chi connectivity index (χ4v) is 1.12. The number of nitrogens with zero attached hydrogens (tertiary/aromatic N) is 1. The van der Waals surface area contributed by atoms with Gasteiger partial charge in [0.2, 0.25) is 5.88 Å². The zero-order chi connectivity index (χ0) is 14.8. The summed E-state index contributed by atoms with van der Waals surface area (Å²) in [5.41, 5.74) is -2.32. The Morgan fingerprint density at radius 1 is 1.42 bits per heavy atom. The Bertz CT molecular complexity index is 488. The van der Waals surface area contributed by atoms with Crippen LogP contribution in [0, 0.1) is 0 Å². The number of aromatic nitrogens is 1. The van der Waals surface area contributed by atoms with Gasteiger partial charge in [0.25, 0.3) is 6.43 Å². The Labute approximate surface area is 102 Å². The van der Waals surface area contributed by atoms with Gasteiger partial charge in [-0.2, -0.15) is 0 Å². The number of alkyl halides is 5. The standard InChI is InChI=1S/C9H6F5NO4/c1-18-8(17)3-2-4(19-9(12,13)14)15-5(6(3)16)7(10)11/h2,7,16H,1H3. The quantitative estimate of drug-likeness (QED) is 0.683. The van der Waals surface area contributed by atoms with Crippen LogP contribution in [0.4, 0.5) is 22.0 Å². The third-order valence-corrected chi connectivity index (χ3v) is 1.83. The normalized spacial score (nSPS) is 11.5. The van der Waals surface area contributed by atoms with Crippen molar-refractivity contribution in [1.82, 2.24) is 4.98 Å². The van der Waals surface area contributed by atoms with Gasteiger partial charge >= 0.3 is 12.3 Å². The minimum Gasteiger partial charge on any atom is -0.505 e. The lowest BCUT2D eigenvalue weighted by Gasteiger charge is -2.12. The molecule has 1 heterocycles. The van der Waals surface area contributed by atoms with Crippen molar-refractivity contribution >= 4 is 5.97 Å². The third-order valence-electron chi connectivity index (χ3n) is 1.83. The van der Waals surface area contributed by atoms with Crippen LogP contribution in [0.1, 0.15) is 22.5 Å². The first kappa shape index (κ1) is 14.9. The summed E-state index contributed by atoms with van der Waals surface area (Å²) in [6, 6.07) is 0.348. The van der Waals surface area contributed by atoms with Crippen molar-refractivity contribution in [3.63, 3.8) is 0 Å². The molecule has 0 aromatic carbocycles. The van der Waals surface area contributed by atoms with E-state index in [2.05, 4.69) is 14.5 Å². The van der Waals surface area contributed by atoms with E-state index >= 15 is 0 Å². The minimum atomic E-state index is -5.18. The van der Waals surface area contributed by atoms with Gasteiger partial charge in [0.15, 0.2) is 11.4 Å². The van der Waals surface area contributed by atoms with Gasteiger partial charge in [-0.3, -0.25) is 0 Å². The summed E-state index contributed by atoms with van der Waals surface area (Å²) < 4.78 is 68.3. The van der Waals surface area contributed by atoms with Crippen LogP contribution in [-0.2, 0) is 4.74 Å². The fourth-order valence-electron chi connectivity index (χ4n) is 1.12. The van der Waals surface area contributed by atoms with Gasteiger partial charge < -0.3 is 14.6 Å². The topological polar surface area (TPSA) is 68.7 Å². The number of halogens is 5. The highest BCUT2D eigenvalue weighted by Crippen LogP contribution is 2.34. The molecule has 5 nitrogen and oxygen atoms in total. The van der Waals surface area contributed by atoms with Crippen molar-refractivity contribution in [2.45, 2.75) is 12.8 Å². The maximum Gasteiger partial charge on any atom is 0.574 e. The highest BCUT2D eigenvalue weighted by molar-refractivity contribution is 5.93. The number of carbonyl (C=O) groups excluding carboxylic acids is 1. The molecule has 0 aliphatic carbocycles. The number of esters is 1. The maximum absolute atomic E-state index is 12.5. The van der Waals surface area contributed by atoms with Crippen LogP contribution in [0.25, 0.3) is 0 Å². The Balaban J connectivity index is 3.35. The number of aromatic hydroxyl groups is 1. The van der Waals surface area contributed by atoms with E-state index in [0.717, 1.165) is 7.11 Å². The SMILES string of the molecule is COC(=O)c1cc(OC(F)(F)F)nc(C(F)F)c1O. The van der Waals surface area contributed by atoms with Crippen molar-refractivity contribution in [3.8, 4) is 11.6 Å². The number of methoxy groups -OCH3 is 1. The molecule has 0 atom stereocenters. The van der Waals surface area contributed by atoms with Gasteiger partial charge in [-0.05, 0) is 0 Å². The van der Waals surface area contributed by atoms with Gasteiger partial charge in [-0.25, -0.2) is 18.6 Å². The first-order valence-electron chi connectivity index (χ1n) is 4.51. The van der Waals surface area contributed by atoms with E-state index in [0.29, 0.717) is 6.07 Å². The van der Waals surface area contributed by atoms with Crippen molar-refractivity contribution in [3.05, 3.63) is 17.3 Å². The van der Waals surface area contributed by atoms with Crippen molar-refractivity contribution in [2.24, 2.45) is 0 Å². The monoisotopic (exact) mass is 287 g/mol. The fraction of sp³-hybridized carbons (Fsp3) is 0.333. The molecule has 0 aliphatic rings. The number of ether oxygens (including phenoxy) is 2. The summed E-state index contributed by atoms with van der Waals surface area (Å²) in [7, 11) is 0.856. The minimum absolute atomic E-state index is 0.348. The maximum atomic E-state index is 12.5. The van der Waals surface area contributed by atoms with Crippen LogP contribution in [0.15, 0.2) is 6.07 Å². The summed E-state index contributed by atoms with van der Waals surface area (Å²) in [5.74, 6) is -3.88. The molecule has 0 fully saturated rings. The second kappa shape index (κ2) is 5.24. The predicted octanol–water partition coefficient (Wildman–Crippen LogP) is 2.41. The van der Waals surface area contributed by atoms with Crippen molar-refractivity contribution < 1.29 is 41.3 Å². The molecule has 0 saturated heterocycles. The largest absolute Gasteiger partial charge is 0.574 e. The number of pyridine rings is 1. The highest BCUT2D eigenvalue weighted by Gasteiger charge is 2.34. The van der Waals surface area contributed by atoms with E-state index < -0.39 is 41.6 Å². The van der Waals surface area contributed by atoms with Gasteiger partial charge in [0, 0.05) is 6.07 Å². The number of hydrogen-bond donors (Lipinski definition) is 1. The molecule has 0 amide bonds. The molecule has 0 aliphatic heterocycles. The second-order valence-corrected chi connectivity index (χ2v) is 3.08. The smallest absolute Gasteiger partial charge is 0.505 e. The van der Waals surface area contributed by atoms with E-state index in [9.17, 15) is 31.9 Å². The zero-order valence-electron chi connectivity index (χ0n) is 9.16. The van der Waals surface area contributed by atoms with E-state index in [1.165, 1.54) is 0 Å². The molecule has 0 radical (unpaired) electrons. The lowest BCUT2D eigenvalue weighted by molar-refractivity contribution is -0.276. The molecule has 0 saturated carbocycles. The molecule has 10 heteroatoms. The second-order valence-electron chi connectivity index (χ2n) is 3.08. The summed E-state index contributed by atoms with van der Waals surface area (Å²) in [5, 5.41) is 9.30. The molecule has 1 N–H and O–H groups in total. The molecular weight excluding hydrogens is 281 g/mol. The molecule has 106 valence electrons. The molecule has 0 bridgehead atoms. The predicted molar refractivity (Wildman–Crippen MR) is 48.9 cm³/mol.